The van der Waals surface area contributed by atoms with E-state index in [0.717, 1.165) is 36.5 Å². The van der Waals surface area contributed by atoms with E-state index in [1.165, 1.54) is 11.3 Å². The van der Waals surface area contributed by atoms with Crippen LogP contribution in [0.25, 0.3) is 10.7 Å². The van der Waals surface area contributed by atoms with Crippen molar-refractivity contribution in [3.63, 3.8) is 0 Å². The van der Waals surface area contributed by atoms with Crippen LogP contribution in [0.5, 0.6) is 0 Å². The van der Waals surface area contributed by atoms with Gasteiger partial charge in [-0.05, 0) is 19.3 Å². The molecule has 2 aromatic rings. The van der Waals surface area contributed by atoms with Crippen LogP contribution in [-0.4, -0.2) is 43.4 Å². The van der Waals surface area contributed by atoms with Crippen LogP contribution in [0.15, 0.2) is 17.8 Å². The van der Waals surface area contributed by atoms with E-state index in [1.807, 2.05) is 16.5 Å². The minimum Gasteiger partial charge on any atom is -0.338 e. The molecule has 0 radical (unpaired) electrons. The largest absolute Gasteiger partial charge is 0.338 e. The first kappa shape index (κ1) is 14.3. The highest BCUT2D eigenvalue weighted by Crippen LogP contribution is 2.40. The standard InChI is InChI=1S/C15H16N6OS/c16-7-10-6-12(10)15(22)21-4-1-2-11(21)8-20-9-13(18-19-20)14-17-3-5-23-14/h3,5,9-12H,1-2,4,6,8H2/t10-,11?,12+/m0/s1. The smallest absolute Gasteiger partial charge is 0.227 e. The van der Waals surface area contributed by atoms with E-state index in [2.05, 4.69) is 21.4 Å². The fourth-order valence-corrected chi connectivity index (χ4v) is 3.78. The molecule has 0 N–H and O–H groups in total. The van der Waals surface area contributed by atoms with Crippen LogP contribution in [0.1, 0.15) is 19.3 Å². The van der Waals surface area contributed by atoms with Gasteiger partial charge < -0.3 is 4.90 Å². The van der Waals surface area contributed by atoms with Crippen molar-refractivity contribution in [2.24, 2.45) is 11.8 Å². The van der Waals surface area contributed by atoms with Gasteiger partial charge in [-0.1, -0.05) is 5.21 Å². The predicted molar refractivity (Wildman–Crippen MR) is 83.1 cm³/mol. The molecule has 23 heavy (non-hydrogen) atoms. The minimum absolute atomic E-state index is 0.0772. The van der Waals surface area contributed by atoms with Gasteiger partial charge >= 0.3 is 0 Å². The highest BCUT2D eigenvalue weighted by atomic mass is 32.1. The Hall–Kier alpha value is -2.27. The van der Waals surface area contributed by atoms with Crippen molar-refractivity contribution in [1.82, 2.24) is 24.9 Å². The fraction of sp³-hybridized carbons (Fsp3) is 0.533. The summed E-state index contributed by atoms with van der Waals surface area (Å²) in [6.07, 6.45) is 6.33. The zero-order chi connectivity index (χ0) is 15.8. The van der Waals surface area contributed by atoms with Crippen molar-refractivity contribution in [3.05, 3.63) is 17.8 Å². The van der Waals surface area contributed by atoms with Crippen molar-refractivity contribution in [2.75, 3.05) is 6.54 Å². The molecule has 1 unspecified atom stereocenters. The third-order valence-electron chi connectivity index (χ3n) is 4.52. The van der Waals surface area contributed by atoms with Gasteiger partial charge in [0, 0.05) is 18.1 Å². The van der Waals surface area contributed by atoms with Crippen LogP contribution < -0.4 is 0 Å². The van der Waals surface area contributed by atoms with Crippen molar-refractivity contribution in [1.29, 1.82) is 5.26 Å². The molecule has 0 aromatic carbocycles. The van der Waals surface area contributed by atoms with E-state index in [4.69, 9.17) is 5.26 Å². The lowest BCUT2D eigenvalue weighted by Gasteiger charge is -2.24. The van der Waals surface area contributed by atoms with Gasteiger partial charge in [0.05, 0.1) is 36.7 Å². The summed E-state index contributed by atoms with van der Waals surface area (Å²) < 4.78 is 1.79. The van der Waals surface area contributed by atoms with E-state index in [1.54, 1.807) is 10.9 Å². The Labute approximate surface area is 137 Å². The van der Waals surface area contributed by atoms with E-state index in [-0.39, 0.29) is 23.8 Å². The van der Waals surface area contributed by atoms with Gasteiger partial charge in [-0.25, -0.2) is 9.67 Å². The first-order valence-corrected chi connectivity index (χ1v) is 8.64. The number of likely N-dealkylation sites (tertiary alicyclic amines) is 1. The van der Waals surface area contributed by atoms with E-state index in [0.29, 0.717) is 6.54 Å². The molecule has 7 nitrogen and oxygen atoms in total. The molecular weight excluding hydrogens is 312 g/mol. The summed E-state index contributed by atoms with van der Waals surface area (Å²) in [5, 5.41) is 20.0. The van der Waals surface area contributed by atoms with E-state index < -0.39 is 0 Å². The molecule has 0 spiro atoms. The summed E-state index contributed by atoms with van der Waals surface area (Å²) in [7, 11) is 0. The molecule has 1 aliphatic heterocycles. The van der Waals surface area contributed by atoms with Crippen LogP contribution in [0.3, 0.4) is 0 Å². The molecule has 2 fully saturated rings. The van der Waals surface area contributed by atoms with Gasteiger partial charge in [-0.3, -0.25) is 4.79 Å². The number of hydrogen-bond acceptors (Lipinski definition) is 6. The second-order valence-corrected chi connectivity index (χ2v) is 6.96. The highest BCUT2D eigenvalue weighted by molar-refractivity contribution is 7.13. The summed E-state index contributed by atoms with van der Waals surface area (Å²) in [4.78, 5) is 18.7. The molecule has 4 rings (SSSR count). The van der Waals surface area contributed by atoms with E-state index >= 15 is 0 Å². The molecule has 8 heteroatoms. The average Bonchev–Trinajstić information content (AvgIpc) is 3.00. The molecule has 1 saturated carbocycles. The quantitative estimate of drug-likeness (QED) is 0.850. The average molecular weight is 328 g/mol. The van der Waals surface area contributed by atoms with Gasteiger partial charge in [0.1, 0.15) is 10.7 Å². The Bertz CT molecular complexity index is 748. The summed E-state index contributed by atoms with van der Waals surface area (Å²) in [5.41, 5.74) is 0.766. The molecule has 1 aliphatic carbocycles. The maximum absolute atomic E-state index is 12.5. The Morgan fingerprint density at radius 3 is 3.17 bits per heavy atom. The van der Waals surface area contributed by atoms with Gasteiger partial charge in [-0.15, -0.1) is 16.4 Å². The molecular formula is C15H16N6OS. The summed E-state index contributed by atoms with van der Waals surface area (Å²) in [6, 6.07) is 2.34. The Morgan fingerprint density at radius 2 is 2.43 bits per heavy atom. The molecule has 2 aromatic heterocycles. The van der Waals surface area contributed by atoms with E-state index in [9.17, 15) is 4.79 Å². The first-order chi connectivity index (χ1) is 11.3. The SMILES string of the molecule is N#C[C@@H]1C[C@H]1C(=O)N1CCCC1Cn1cc(-c2nccs2)nn1. The number of carbonyl (C=O) groups excluding carboxylic acids is 1. The van der Waals surface area contributed by atoms with Crippen LogP contribution in [-0.2, 0) is 11.3 Å². The van der Waals surface area contributed by atoms with Crippen LogP contribution in [0.4, 0.5) is 0 Å². The topological polar surface area (TPSA) is 87.7 Å². The predicted octanol–water partition coefficient (Wildman–Crippen LogP) is 1.55. The highest BCUT2D eigenvalue weighted by Gasteiger charge is 2.47. The maximum atomic E-state index is 12.5. The zero-order valence-corrected chi connectivity index (χ0v) is 13.3. The fourth-order valence-electron chi connectivity index (χ4n) is 3.19. The maximum Gasteiger partial charge on any atom is 0.227 e. The number of nitriles is 1. The lowest BCUT2D eigenvalue weighted by Crippen LogP contribution is -2.39. The summed E-state index contributed by atoms with van der Waals surface area (Å²) in [5.74, 6) is -0.0202. The number of thiazole rings is 1. The lowest BCUT2D eigenvalue weighted by atomic mass is 10.2. The minimum atomic E-state index is -0.0813. The second kappa shape index (κ2) is 5.74. The van der Waals surface area contributed by atoms with Gasteiger partial charge in [-0.2, -0.15) is 5.26 Å². The number of carbonyl (C=O) groups is 1. The first-order valence-electron chi connectivity index (χ1n) is 7.76. The third-order valence-corrected chi connectivity index (χ3v) is 5.32. The molecule has 3 atom stereocenters. The van der Waals surface area contributed by atoms with Crippen molar-refractivity contribution in [3.8, 4) is 16.8 Å². The number of amides is 1. The van der Waals surface area contributed by atoms with Crippen molar-refractivity contribution >= 4 is 17.2 Å². The lowest BCUT2D eigenvalue weighted by molar-refractivity contribution is -0.133. The van der Waals surface area contributed by atoms with Crippen molar-refractivity contribution in [2.45, 2.75) is 31.8 Å². The molecule has 118 valence electrons. The number of hydrogen-bond donors (Lipinski definition) is 0. The van der Waals surface area contributed by atoms with Crippen LogP contribution >= 0.6 is 11.3 Å². The van der Waals surface area contributed by atoms with Gasteiger partial charge in [0.2, 0.25) is 5.91 Å². The number of rotatable bonds is 4. The summed E-state index contributed by atoms with van der Waals surface area (Å²) >= 11 is 1.53. The zero-order valence-electron chi connectivity index (χ0n) is 12.5. The Morgan fingerprint density at radius 1 is 1.52 bits per heavy atom. The van der Waals surface area contributed by atoms with Gasteiger partial charge in [0.25, 0.3) is 0 Å². The van der Waals surface area contributed by atoms with Crippen LogP contribution in [0, 0.1) is 23.2 Å². The number of aromatic nitrogens is 4. The Kier molecular flexibility index (Phi) is 3.58. The molecule has 2 aliphatic rings. The van der Waals surface area contributed by atoms with Crippen molar-refractivity contribution < 1.29 is 4.79 Å². The summed E-state index contributed by atoms with van der Waals surface area (Å²) in [6.45, 7) is 1.43. The normalized spacial score (nSPS) is 26.2. The third kappa shape index (κ3) is 2.72. The molecule has 1 saturated heterocycles. The second-order valence-electron chi connectivity index (χ2n) is 6.07. The molecule has 1 amide bonds. The molecule has 0 bridgehead atoms. The Balaban J connectivity index is 1.44. The molecule has 3 heterocycles. The monoisotopic (exact) mass is 328 g/mol. The number of nitrogens with zero attached hydrogens (tertiary/aromatic N) is 6. The van der Waals surface area contributed by atoms with Gasteiger partial charge in [0.15, 0.2) is 0 Å². The van der Waals surface area contributed by atoms with Crippen LogP contribution in [0.2, 0.25) is 0 Å².